The number of rotatable bonds is 7. The smallest absolute Gasteiger partial charge is 0.171 e. The standard InChI is InChI=1S/C15H17ClN2O2/c16-15-14(7-4-8-18-15)20-11-13(19)10-17-9-12-5-2-1-3-6-12/h1-8,13,17,19H,9-11H2. The SMILES string of the molecule is OC(CNCc1ccccc1)COc1cccnc1Cl. The summed E-state index contributed by atoms with van der Waals surface area (Å²) in [7, 11) is 0. The van der Waals surface area contributed by atoms with Gasteiger partial charge in [0.2, 0.25) is 0 Å². The van der Waals surface area contributed by atoms with E-state index in [-0.39, 0.29) is 6.61 Å². The van der Waals surface area contributed by atoms with Crippen LogP contribution in [0, 0.1) is 0 Å². The molecule has 0 aliphatic carbocycles. The second kappa shape index (κ2) is 7.85. The molecule has 1 unspecified atom stereocenters. The molecule has 1 aromatic carbocycles. The zero-order valence-electron chi connectivity index (χ0n) is 11.0. The molecule has 0 fully saturated rings. The predicted molar refractivity (Wildman–Crippen MR) is 78.9 cm³/mol. The fourth-order valence-electron chi connectivity index (χ4n) is 1.70. The molecule has 20 heavy (non-hydrogen) atoms. The van der Waals surface area contributed by atoms with E-state index in [2.05, 4.69) is 10.3 Å². The van der Waals surface area contributed by atoms with Crippen molar-refractivity contribution in [3.63, 3.8) is 0 Å². The van der Waals surface area contributed by atoms with Gasteiger partial charge in [-0.15, -0.1) is 0 Å². The fourth-order valence-corrected chi connectivity index (χ4v) is 1.88. The van der Waals surface area contributed by atoms with Crippen molar-refractivity contribution in [2.24, 2.45) is 0 Å². The summed E-state index contributed by atoms with van der Waals surface area (Å²) in [5, 5.41) is 13.3. The molecule has 0 amide bonds. The molecule has 0 saturated carbocycles. The number of ether oxygens (including phenoxy) is 1. The monoisotopic (exact) mass is 292 g/mol. The number of benzene rings is 1. The van der Waals surface area contributed by atoms with Crippen LogP contribution in [0.15, 0.2) is 48.7 Å². The molecule has 0 aliphatic heterocycles. The highest BCUT2D eigenvalue weighted by Crippen LogP contribution is 2.20. The Hall–Kier alpha value is -1.62. The summed E-state index contributed by atoms with van der Waals surface area (Å²) in [4.78, 5) is 3.90. The van der Waals surface area contributed by atoms with E-state index in [0.717, 1.165) is 0 Å². The van der Waals surface area contributed by atoms with Crippen LogP contribution in [-0.2, 0) is 6.54 Å². The first-order valence-corrected chi connectivity index (χ1v) is 6.79. The van der Waals surface area contributed by atoms with Gasteiger partial charge in [0.25, 0.3) is 0 Å². The van der Waals surface area contributed by atoms with E-state index in [1.807, 2.05) is 30.3 Å². The van der Waals surface area contributed by atoms with Gasteiger partial charge < -0.3 is 15.2 Å². The highest BCUT2D eigenvalue weighted by molar-refractivity contribution is 6.30. The van der Waals surface area contributed by atoms with Crippen molar-refractivity contribution in [3.8, 4) is 5.75 Å². The highest BCUT2D eigenvalue weighted by atomic mass is 35.5. The Bertz CT molecular complexity index is 522. The Labute approximate surface area is 123 Å². The van der Waals surface area contributed by atoms with Gasteiger partial charge in [0.15, 0.2) is 10.9 Å². The van der Waals surface area contributed by atoms with Gasteiger partial charge in [0.1, 0.15) is 12.7 Å². The van der Waals surface area contributed by atoms with Crippen LogP contribution < -0.4 is 10.1 Å². The summed E-state index contributed by atoms with van der Waals surface area (Å²) < 4.78 is 5.42. The molecule has 2 aromatic rings. The molecule has 0 spiro atoms. The molecule has 0 saturated heterocycles. The van der Waals surface area contributed by atoms with Gasteiger partial charge in [-0.1, -0.05) is 41.9 Å². The molecular formula is C15H17ClN2O2. The zero-order chi connectivity index (χ0) is 14.2. The number of halogens is 1. The molecule has 5 heteroatoms. The lowest BCUT2D eigenvalue weighted by Crippen LogP contribution is -2.31. The van der Waals surface area contributed by atoms with Gasteiger partial charge in [0.05, 0.1) is 0 Å². The second-order valence-corrected chi connectivity index (χ2v) is 4.73. The molecule has 2 rings (SSSR count). The lowest BCUT2D eigenvalue weighted by Gasteiger charge is -2.13. The Kier molecular flexibility index (Phi) is 5.80. The van der Waals surface area contributed by atoms with E-state index in [1.54, 1.807) is 18.3 Å². The van der Waals surface area contributed by atoms with Gasteiger partial charge in [-0.2, -0.15) is 0 Å². The van der Waals surface area contributed by atoms with Crippen LogP contribution in [-0.4, -0.2) is 29.3 Å². The molecule has 106 valence electrons. The van der Waals surface area contributed by atoms with E-state index in [1.165, 1.54) is 5.56 Å². The maximum absolute atomic E-state index is 9.83. The van der Waals surface area contributed by atoms with Crippen LogP contribution in [0.4, 0.5) is 0 Å². The highest BCUT2D eigenvalue weighted by Gasteiger charge is 2.07. The summed E-state index contributed by atoms with van der Waals surface area (Å²) in [5.41, 5.74) is 1.18. The summed E-state index contributed by atoms with van der Waals surface area (Å²) in [6.45, 7) is 1.34. The number of hydrogen-bond acceptors (Lipinski definition) is 4. The number of pyridine rings is 1. The summed E-state index contributed by atoms with van der Waals surface area (Å²) in [6, 6.07) is 13.5. The van der Waals surface area contributed by atoms with Crippen molar-refractivity contribution in [3.05, 3.63) is 59.4 Å². The molecule has 0 radical (unpaired) electrons. The minimum Gasteiger partial charge on any atom is -0.488 e. The van der Waals surface area contributed by atoms with Crippen molar-refractivity contribution in [1.29, 1.82) is 0 Å². The van der Waals surface area contributed by atoms with Crippen LogP contribution in [0.2, 0.25) is 5.15 Å². The third-order valence-electron chi connectivity index (χ3n) is 2.71. The van der Waals surface area contributed by atoms with Gasteiger partial charge >= 0.3 is 0 Å². The van der Waals surface area contributed by atoms with E-state index in [9.17, 15) is 5.11 Å². The largest absolute Gasteiger partial charge is 0.488 e. The summed E-state index contributed by atoms with van der Waals surface area (Å²) >= 11 is 5.86. The third kappa shape index (κ3) is 4.81. The minimum absolute atomic E-state index is 0.174. The summed E-state index contributed by atoms with van der Waals surface area (Å²) in [5.74, 6) is 0.483. The first-order chi connectivity index (χ1) is 9.75. The average Bonchev–Trinajstić information content (AvgIpc) is 2.47. The van der Waals surface area contributed by atoms with Crippen molar-refractivity contribution in [1.82, 2.24) is 10.3 Å². The lowest BCUT2D eigenvalue weighted by atomic mass is 10.2. The molecule has 1 atom stereocenters. The number of nitrogens with one attached hydrogen (secondary N) is 1. The molecule has 0 aliphatic rings. The van der Waals surface area contributed by atoms with Crippen molar-refractivity contribution >= 4 is 11.6 Å². The van der Waals surface area contributed by atoms with Crippen LogP contribution in [0.1, 0.15) is 5.56 Å². The molecular weight excluding hydrogens is 276 g/mol. The Morgan fingerprint density at radius 3 is 2.75 bits per heavy atom. The molecule has 4 nitrogen and oxygen atoms in total. The lowest BCUT2D eigenvalue weighted by molar-refractivity contribution is 0.106. The Balaban J connectivity index is 1.68. The Morgan fingerprint density at radius 2 is 2.00 bits per heavy atom. The number of aliphatic hydroxyl groups is 1. The van der Waals surface area contributed by atoms with Gasteiger partial charge in [-0.05, 0) is 17.7 Å². The van der Waals surface area contributed by atoms with Crippen LogP contribution in [0.5, 0.6) is 5.75 Å². The van der Waals surface area contributed by atoms with Gasteiger partial charge in [0, 0.05) is 19.3 Å². The second-order valence-electron chi connectivity index (χ2n) is 4.37. The number of nitrogens with zero attached hydrogens (tertiary/aromatic N) is 1. The molecule has 2 N–H and O–H groups in total. The molecule has 1 aromatic heterocycles. The van der Waals surface area contributed by atoms with Gasteiger partial charge in [-0.3, -0.25) is 0 Å². The number of aromatic nitrogens is 1. The quantitative estimate of drug-likeness (QED) is 0.769. The number of aliphatic hydroxyl groups excluding tert-OH is 1. The minimum atomic E-state index is -0.602. The normalized spacial score (nSPS) is 12.1. The molecule has 1 heterocycles. The van der Waals surface area contributed by atoms with Crippen LogP contribution in [0.25, 0.3) is 0 Å². The van der Waals surface area contributed by atoms with Crippen molar-refractivity contribution in [2.45, 2.75) is 12.6 Å². The predicted octanol–water partition coefficient (Wildman–Crippen LogP) is 2.26. The van der Waals surface area contributed by atoms with E-state index >= 15 is 0 Å². The van der Waals surface area contributed by atoms with E-state index < -0.39 is 6.10 Å². The first kappa shape index (κ1) is 14.8. The first-order valence-electron chi connectivity index (χ1n) is 6.41. The van der Waals surface area contributed by atoms with Crippen molar-refractivity contribution in [2.75, 3.05) is 13.2 Å². The van der Waals surface area contributed by atoms with Crippen LogP contribution in [0.3, 0.4) is 0 Å². The maximum atomic E-state index is 9.83. The third-order valence-corrected chi connectivity index (χ3v) is 2.99. The molecule has 0 bridgehead atoms. The average molecular weight is 293 g/mol. The Morgan fingerprint density at radius 1 is 1.20 bits per heavy atom. The number of hydrogen-bond donors (Lipinski definition) is 2. The van der Waals surface area contributed by atoms with E-state index in [0.29, 0.717) is 24.0 Å². The topological polar surface area (TPSA) is 54.4 Å². The van der Waals surface area contributed by atoms with E-state index in [4.69, 9.17) is 16.3 Å². The zero-order valence-corrected chi connectivity index (χ0v) is 11.8. The van der Waals surface area contributed by atoms with Gasteiger partial charge in [-0.25, -0.2) is 4.98 Å². The fraction of sp³-hybridized carbons (Fsp3) is 0.267. The maximum Gasteiger partial charge on any atom is 0.171 e. The van der Waals surface area contributed by atoms with Crippen molar-refractivity contribution < 1.29 is 9.84 Å². The summed E-state index contributed by atoms with van der Waals surface area (Å²) in [6.07, 6.45) is 0.988. The van der Waals surface area contributed by atoms with Crippen LogP contribution >= 0.6 is 11.6 Å².